The molecule has 5 rings (SSSR count). The summed E-state index contributed by atoms with van der Waals surface area (Å²) < 4.78 is 0. The zero-order valence-electron chi connectivity index (χ0n) is 17.5. The number of para-hydroxylation sites is 1. The third-order valence-corrected chi connectivity index (χ3v) is 6.01. The number of amides is 1. The Balaban J connectivity index is 1.20. The first-order valence-corrected chi connectivity index (χ1v) is 10.8. The summed E-state index contributed by atoms with van der Waals surface area (Å²) >= 11 is 0. The fourth-order valence-electron chi connectivity index (χ4n) is 4.39. The topological polar surface area (TPSA) is 61.0 Å². The lowest BCUT2D eigenvalue weighted by Crippen LogP contribution is -2.30. The maximum atomic E-state index is 12.6. The van der Waals surface area contributed by atoms with Gasteiger partial charge in [0.1, 0.15) is 0 Å². The van der Waals surface area contributed by atoms with E-state index in [1.807, 2.05) is 42.9 Å². The van der Waals surface area contributed by atoms with Gasteiger partial charge in [0, 0.05) is 61.2 Å². The summed E-state index contributed by atoms with van der Waals surface area (Å²) in [4.78, 5) is 22.5. The smallest absolute Gasteiger partial charge is 0.224 e. The van der Waals surface area contributed by atoms with Gasteiger partial charge in [0.2, 0.25) is 5.91 Å². The summed E-state index contributed by atoms with van der Waals surface area (Å²) in [6.45, 7) is 2.83. The molecule has 31 heavy (non-hydrogen) atoms. The van der Waals surface area contributed by atoms with E-state index in [0.29, 0.717) is 6.42 Å². The van der Waals surface area contributed by atoms with Crippen molar-refractivity contribution in [2.24, 2.45) is 0 Å². The lowest BCUT2D eigenvalue weighted by atomic mass is 9.98. The Labute approximate surface area is 182 Å². The number of nitrogens with one attached hydrogen (secondary N) is 2. The lowest BCUT2D eigenvalue weighted by molar-refractivity contribution is -0.116. The molecule has 156 valence electrons. The molecule has 0 unspecified atom stereocenters. The van der Waals surface area contributed by atoms with Crippen LogP contribution < -0.4 is 5.32 Å². The normalized spacial score (nSPS) is 13.8. The van der Waals surface area contributed by atoms with E-state index in [-0.39, 0.29) is 5.91 Å². The summed E-state index contributed by atoms with van der Waals surface area (Å²) in [5.74, 6) is 0.0493. The number of aromatic nitrogens is 2. The third-order valence-electron chi connectivity index (χ3n) is 6.01. The number of aromatic amines is 1. The molecule has 0 aliphatic carbocycles. The van der Waals surface area contributed by atoms with Crippen LogP contribution in [0, 0.1) is 0 Å². The predicted molar refractivity (Wildman–Crippen MR) is 124 cm³/mol. The molecule has 4 aromatic rings. The first kappa shape index (κ1) is 19.5. The summed E-state index contributed by atoms with van der Waals surface area (Å²) in [7, 11) is 0. The molecule has 0 radical (unpaired) electrons. The summed E-state index contributed by atoms with van der Waals surface area (Å²) in [5, 5.41) is 4.28. The second kappa shape index (κ2) is 8.74. The van der Waals surface area contributed by atoms with Gasteiger partial charge in [0.25, 0.3) is 0 Å². The number of hydrogen-bond donors (Lipinski definition) is 2. The van der Waals surface area contributed by atoms with Crippen molar-refractivity contribution in [2.75, 3.05) is 11.9 Å². The van der Waals surface area contributed by atoms with Gasteiger partial charge in [-0.15, -0.1) is 0 Å². The zero-order valence-corrected chi connectivity index (χ0v) is 17.5. The molecular formula is C26H26N4O. The predicted octanol–water partition coefficient (Wildman–Crippen LogP) is 4.69. The van der Waals surface area contributed by atoms with Crippen molar-refractivity contribution in [3.63, 3.8) is 0 Å². The maximum Gasteiger partial charge on any atom is 0.224 e. The van der Waals surface area contributed by atoms with E-state index in [1.165, 1.54) is 27.6 Å². The number of anilines is 1. The molecule has 0 saturated heterocycles. The second-order valence-electron chi connectivity index (χ2n) is 8.21. The van der Waals surface area contributed by atoms with Gasteiger partial charge in [0.15, 0.2) is 0 Å². The number of carbonyl (C=O) groups is 1. The Kier molecular flexibility index (Phi) is 5.50. The van der Waals surface area contributed by atoms with Gasteiger partial charge in [0.05, 0.1) is 0 Å². The molecule has 0 bridgehead atoms. The van der Waals surface area contributed by atoms with Gasteiger partial charge < -0.3 is 10.3 Å². The molecular weight excluding hydrogens is 384 g/mol. The highest BCUT2D eigenvalue weighted by molar-refractivity contribution is 5.91. The van der Waals surface area contributed by atoms with Crippen molar-refractivity contribution in [3.05, 3.63) is 95.4 Å². The van der Waals surface area contributed by atoms with Crippen LogP contribution in [0.5, 0.6) is 0 Å². The minimum absolute atomic E-state index is 0.0493. The molecule has 5 heteroatoms. The molecule has 0 spiro atoms. The van der Waals surface area contributed by atoms with Crippen molar-refractivity contribution in [3.8, 4) is 0 Å². The Morgan fingerprint density at radius 3 is 2.94 bits per heavy atom. The molecule has 0 saturated carbocycles. The summed E-state index contributed by atoms with van der Waals surface area (Å²) in [5.41, 5.74) is 7.08. The van der Waals surface area contributed by atoms with E-state index in [4.69, 9.17) is 0 Å². The van der Waals surface area contributed by atoms with Gasteiger partial charge in [-0.3, -0.25) is 14.7 Å². The maximum absolute atomic E-state index is 12.6. The number of hydrogen-bond acceptors (Lipinski definition) is 3. The van der Waals surface area contributed by atoms with Crippen LogP contribution in [0.15, 0.2) is 73.2 Å². The van der Waals surface area contributed by atoms with Crippen LogP contribution in [0.2, 0.25) is 0 Å². The van der Waals surface area contributed by atoms with Crippen LogP contribution in [-0.4, -0.2) is 27.3 Å². The molecule has 2 aromatic carbocycles. The average Bonchev–Trinajstić information content (AvgIpc) is 3.21. The highest BCUT2D eigenvalue weighted by Crippen LogP contribution is 2.24. The number of H-pyrrole nitrogens is 1. The van der Waals surface area contributed by atoms with Gasteiger partial charge >= 0.3 is 0 Å². The Morgan fingerprint density at radius 2 is 2.03 bits per heavy atom. The van der Waals surface area contributed by atoms with Crippen molar-refractivity contribution in [2.45, 2.75) is 32.4 Å². The first-order chi connectivity index (χ1) is 15.2. The van der Waals surface area contributed by atoms with E-state index < -0.39 is 0 Å². The first-order valence-electron chi connectivity index (χ1n) is 10.8. The van der Waals surface area contributed by atoms with Crippen LogP contribution in [0.25, 0.3) is 10.9 Å². The average molecular weight is 411 g/mol. The Morgan fingerprint density at radius 1 is 1.10 bits per heavy atom. The van der Waals surface area contributed by atoms with Gasteiger partial charge in [-0.25, -0.2) is 0 Å². The highest BCUT2D eigenvalue weighted by Gasteiger charge is 2.17. The molecule has 5 nitrogen and oxygen atoms in total. The monoisotopic (exact) mass is 410 g/mol. The molecule has 1 aliphatic heterocycles. The number of carbonyl (C=O) groups excluding carboxylic acids is 1. The fraction of sp³-hybridized carbons (Fsp3) is 0.231. The largest absolute Gasteiger partial charge is 0.361 e. The van der Waals surface area contributed by atoms with Gasteiger partial charge in [-0.2, -0.15) is 0 Å². The standard InChI is InChI=1S/C26H26N4O/c31-26(10-8-21-16-28-25-6-2-1-5-24(21)25)29-23-9-7-20-11-13-30(18-22(20)14-23)17-19-4-3-12-27-15-19/h1-7,9,12,14-16,28H,8,10-11,13,17-18H2,(H,29,31). The Hall–Kier alpha value is -3.44. The van der Waals surface area contributed by atoms with Crippen LogP contribution in [0.1, 0.15) is 28.7 Å². The second-order valence-corrected chi connectivity index (χ2v) is 8.21. The number of benzene rings is 2. The minimum atomic E-state index is 0.0493. The minimum Gasteiger partial charge on any atom is -0.361 e. The number of nitrogens with zero attached hydrogens (tertiary/aromatic N) is 2. The van der Waals surface area contributed by atoms with Crippen molar-refractivity contribution in [1.29, 1.82) is 0 Å². The van der Waals surface area contributed by atoms with Crippen molar-refractivity contribution < 1.29 is 4.79 Å². The van der Waals surface area contributed by atoms with Crippen molar-refractivity contribution >= 4 is 22.5 Å². The molecule has 3 heterocycles. The van der Waals surface area contributed by atoms with E-state index in [9.17, 15) is 4.79 Å². The third kappa shape index (κ3) is 4.52. The molecule has 2 N–H and O–H groups in total. The van der Waals surface area contributed by atoms with Crippen LogP contribution in [0.4, 0.5) is 5.69 Å². The number of pyridine rings is 1. The van der Waals surface area contributed by atoms with Crippen LogP contribution >= 0.6 is 0 Å². The van der Waals surface area contributed by atoms with Crippen molar-refractivity contribution in [1.82, 2.24) is 14.9 Å². The molecule has 1 amide bonds. The SMILES string of the molecule is O=C(CCc1c[nH]c2ccccc12)Nc1ccc2c(c1)CN(Cc1cccnc1)CC2. The number of fused-ring (bicyclic) bond motifs is 2. The van der Waals surface area contributed by atoms with Crippen LogP contribution in [-0.2, 0) is 30.7 Å². The van der Waals surface area contributed by atoms with E-state index in [1.54, 1.807) is 0 Å². The van der Waals surface area contributed by atoms with E-state index in [2.05, 4.69) is 50.5 Å². The summed E-state index contributed by atoms with van der Waals surface area (Å²) in [6, 6.07) is 18.6. The van der Waals surface area contributed by atoms with Crippen LogP contribution in [0.3, 0.4) is 0 Å². The molecule has 2 aromatic heterocycles. The van der Waals surface area contributed by atoms with E-state index >= 15 is 0 Å². The number of aryl methyl sites for hydroxylation is 1. The molecule has 0 atom stereocenters. The van der Waals surface area contributed by atoms with E-state index in [0.717, 1.165) is 43.7 Å². The lowest BCUT2D eigenvalue weighted by Gasteiger charge is -2.29. The Bertz CT molecular complexity index is 1200. The van der Waals surface area contributed by atoms with Gasteiger partial charge in [-0.05, 0) is 59.4 Å². The quantitative estimate of drug-likeness (QED) is 0.485. The fourth-order valence-corrected chi connectivity index (χ4v) is 4.39. The summed E-state index contributed by atoms with van der Waals surface area (Å²) in [6.07, 6.45) is 7.96. The molecule has 1 aliphatic rings. The number of rotatable bonds is 6. The van der Waals surface area contributed by atoms with Gasteiger partial charge in [-0.1, -0.05) is 30.3 Å². The highest BCUT2D eigenvalue weighted by atomic mass is 16.1. The molecule has 0 fully saturated rings. The zero-order chi connectivity index (χ0) is 21.0.